The zero-order valence-corrected chi connectivity index (χ0v) is 11.3. The Hall–Kier alpha value is -2.84. The number of non-ortho nitro benzene ring substituents is 1. The van der Waals surface area contributed by atoms with Gasteiger partial charge in [0.25, 0.3) is 11.6 Å². The molecule has 0 aliphatic heterocycles. The van der Waals surface area contributed by atoms with Gasteiger partial charge in [0.15, 0.2) is 5.82 Å². The van der Waals surface area contributed by atoms with E-state index in [2.05, 4.69) is 15.4 Å². The number of nitro groups is 1. The molecule has 0 saturated carbocycles. The summed E-state index contributed by atoms with van der Waals surface area (Å²) in [7, 11) is 1.67. The van der Waals surface area contributed by atoms with Crippen LogP contribution in [0, 0.1) is 22.9 Å². The zero-order valence-electron chi connectivity index (χ0n) is 11.3. The van der Waals surface area contributed by atoms with Gasteiger partial charge in [-0.2, -0.15) is 5.10 Å². The summed E-state index contributed by atoms with van der Waals surface area (Å²) in [5.41, 5.74) is -0.682. The van der Waals surface area contributed by atoms with E-state index >= 15 is 0 Å². The lowest BCUT2D eigenvalue weighted by molar-refractivity contribution is -0.385. The van der Waals surface area contributed by atoms with Gasteiger partial charge in [-0.25, -0.2) is 9.37 Å². The molecule has 0 bridgehead atoms. The highest BCUT2D eigenvalue weighted by atomic mass is 19.1. The summed E-state index contributed by atoms with van der Waals surface area (Å²) in [6.45, 7) is 1.36. The second-order valence-corrected chi connectivity index (χ2v) is 4.40. The molecule has 2 aromatic rings. The number of halogens is 1. The first-order chi connectivity index (χ1) is 9.88. The number of carbonyl (C=O) groups excluding carboxylic acids is 1. The third kappa shape index (κ3) is 3.19. The minimum atomic E-state index is -0.785. The Kier molecular flexibility index (Phi) is 3.92. The van der Waals surface area contributed by atoms with Crippen molar-refractivity contribution in [3.63, 3.8) is 0 Å². The smallest absolute Gasteiger partial charge is 0.270 e. The Bertz CT molecular complexity index is 713. The first-order valence-electron chi connectivity index (χ1n) is 5.95. The summed E-state index contributed by atoms with van der Waals surface area (Å²) >= 11 is 0. The molecule has 1 amide bonds. The van der Waals surface area contributed by atoms with Crippen LogP contribution in [0.4, 0.5) is 10.1 Å². The summed E-state index contributed by atoms with van der Waals surface area (Å²) in [6.07, 6.45) is 1.46. The van der Waals surface area contributed by atoms with Gasteiger partial charge in [0.1, 0.15) is 12.1 Å². The van der Waals surface area contributed by atoms with Crippen LogP contribution in [-0.4, -0.2) is 25.6 Å². The van der Waals surface area contributed by atoms with Crippen LogP contribution in [0.3, 0.4) is 0 Å². The van der Waals surface area contributed by atoms with E-state index < -0.39 is 16.6 Å². The monoisotopic (exact) mass is 293 g/mol. The third-order valence-electron chi connectivity index (χ3n) is 2.75. The molecule has 0 unspecified atom stereocenters. The number of benzene rings is 1. The van der Waals surface area contributed by atoms with Gasteiger partial charge in [-0.15, -0.1) is 0 Å². The first kappa shape index (κ1) is 14.6. The average molecular weight is 293 g/mol. The van der Waals surface area contributed by atoms with E-state index in [1.807, 2.05) is 0 Å². The Morgan fingerprint density at radius 1 is 1.52 bits per heavy atom. The summed E-state index contributed by atoms with van der Waals surface area (Å²) in [5, 5.41) is 17.1. The molecule has 0 aliphatic rings. The molecule has 2 rings (SSSR count). The molecular formula is C12H12FN5O3. The number of aromatic nitrogens is 3. The van der Waals surface area contributed by atoms with Gasteiger partial charge in [-0.1, -0.05) is 0 Å². The highest BCUT2D eigenvalue weighted by Crippen LogP contribution is 2.21. The van der Waals surface area contributed by atoms with Crippen molar-refractivity contribution in [3.8, 4) is 0 Å². The van der Waals surface area contributed by atoms with Gasteiger partial charge in [0.05, 0.1) is 17.0 Å². The minimum Gasteiger partial charge on any atom is -0.345 e. The molecule has 0 fully saturated rings. The summed E-state index contributed by atoms with van der Waals surface area (Å²) in [6, 6.07) is 1.98. The normalized spacial score (nSPS) is 10.4. The lowest BCUT2D eigenvalue weighted by Gasteiger charge is -2.06. The molecule has 0 atom stereocenters. The van der Waals surface area contributed by atoms with Crippen LogP contribution in [0.5, 0.6) is 0 Å². The molecule has 1 heterocycles. The molecule has 0 radical (unpaired) electrons. The maximum Gasteiger partial charge on any atom is 0.270 e. The van der Waals surface area contributed by atoms with Crippen molar-refractivity contribution in [2.24, 2.45) is 7.05 Å². The number of amides is 1. The number of nitrogens with zero attached hydrogens (tertiary/aromatic N) is 4. The minimum absolute atomic E-state index is 0.000846. The fourth-order valence-electron chi connectivity index (χ4n) is 1.74. The molecule has 8 nitrogen and oxygen atoms in total. The standard InChI is InChI=1S/C12H12FN5O3/c1-7-3-8(18(20)21)4-9(11(7)13)12(19)14-5-10-15-6-17(2)16-10/h3-4,6H,5H2,1-2H3,(H,14,19). The van der Waals surface area contributed by atoms with Crippen LogP contribution < -0.4 is 5.32 Å². The van der Waals surface area contributed by atoms with Crippen molar-refractivity contribution in [1.82, 2.24) is 20.1 Å². The second-order valence-electron chi connectivity index (χ2n) is 4.40. The number of aryl methyl sites for hydroxylation is 2. The number of carbonyl (C=O) groups is 1. The molecular weight excluding hydrogens is 281 g/mol. The Labute approximate surface area is 118 Å². The quantitative estimate of drug-likeness (QED) is 0.671. The third-order valence-corrected chi connectivity index (χ3v) is 2.75. The molecule has 0 saturated heterocycles. The SMILES string of the molecule is Cc1cc([N+](=O)[O-])cc(C(=O)NCc2ncn(C)n2)c1F. The molecule has 1 N–H and O–H groups in total. The molecule has 21 heavy (non-hydrogen) atoms. The van der Waals surface area contributed by atoms with E-state index in [-0.39, 0.29) is 23.4 Å². The van der Waals surface area contributed by atoms with Crippen molar-refractivity contribution < 1.29 is 14.1 Å². The van der Waals surface area contributed by atoms with E-state index in [1.54, 1.807) is 7.05 Å². The molecule has 0 spiro atoms. The summed E-state index contributed by atoms with van der Waals surface area (Å²) in [5.74, 6) is -1.19. The highest BCUT2D eigenvalue weighted by Gasteiger charge is 2.19. The second kappa shape index (κ2) is 5.65. The van der Waals surface area contributed by atoms with Crippen molar-refractivity contribution in [1.29, 1.82) is 0 Å². The maximum atomic E-state index is 13.9. The van der Waals surface area contributed by atoms with Crippen LogP contribution in [-0.2, 0) is 13.6 Å². The lowest BCUT2D eigenvalue weighted by atomic mass is 10.1. The Balaban J connectivity index is 2.20. The predicted octanol–water partition coefficient (Wildman–Crippen LogP) is 1.10. The van der Waals surface area contributed by atoms with Crippen molar-refractivity contribution in [2.45, 2.75) is 13.5 Å². The van der Waals surface area contributed by atoms with Crippen molar-refractivity contribution >= 4 is 11.6 Å². The topological polar surface area (TPSA) is 103 Å². The van der Waals surface area contributed by atoms with Crippen LogP contribution in [0.2, 0.25) is 0 Å². The van der Waals surface area contributed by atoms with E-state index in [4.69, 9.17) is 0 Å². The maximum absolute atomic E-state index is 13.9. The average Bonchev–Trinajstić information content (AvgIpc) is 2.84. The Morgan fingerprint density at radius 2 is 2.24 bits per heavy atom. The van der Waals surface area contributed by atoms with Gasteiger partial charge < -0.3 is 5.32 Å². The van der Waals surface area contributed by atoms with E-state index in [1.165, 1.54) is 17.9 Å². The number of nitrogens with one attached hydrogen (secondary N) is 1. The zero-order chi connectivity index (χ0) is 15.6. The van der Waals surface area contributed by atoms with E-state index in [0.717, 1.165) is 12.1 Å². The Morgan fingerprint density at radius 3 is 2.81 bits per heavy atom. The fraction of sp³-hybridized carbons (Fsp3) is 0.250. The number of hydrogen-bond acceptors (Lipinski definition) is 5. The number of nitro benzene ring substituents is 1. The van der Waals surface area contributed by atoms with Gasteiger partial charge >= 0.3 is 0 Å². The molecule has 0 aliphatic carbocycles. The van der Waals surface area contributed by atoms with E-state index in [9.17, 15) is 19.3 Å². The molecule has 110 valence electrons. The van der Waals surface area contributed by atoms with Gasteiger partial charge in [-0.3, -0.25) is 19.6 Å². The van der Waals surface area contributed by atoms with Crippen LogP contribution in [0.1, 0.15) is 21.7 Å². The first-order valence-corrected chi connectivity index (χ1v) is 5.95. The van der Waals surface area contributed by atoms with Crippen LogP contribution >= 0.6 is 0 Å². The number of hydrogen-bond donors (Lipinski definition) is 1. The van der Waals surface area contributed by atoms with Gasteiger partial charge in [0, 0.05) is 19.2 Å². The number of rotatable bonds is 4. The summed E-state index contributed by atoms with van der Waals surface area (Å²) < 4.78 is 15.4. The van der Waals surface area contributed by atoms with Crippen molar-refractivity contribution in [2.75, 3.05) is 0 Å². The van der Waals surface area contributed by atoms with Gasteiger partial charge in [0.2, 0.25) is 0 Å². The summed E-state index contributed by atoms with van der Waals surface area (Å²) in [4.78, 5) is 25.9. The van der Waals surface area contributed by atoms with Crippen LogP contribution in [0.25, 0.3) is 0 Å². The van der Waals surface area contributed by atoms with Crippen LogP contribution in [0.15, 0.2) is 18.5 Å². The fourth-order valence-corrected chi connectivity index (χ4v) is 1.74. The molecule has 1 aromatic carbocycles. The van der Waals surface area contributed by atoms with Gasteiger partial charge in [-0.05, 0) is 12.5 Å². The highest BCUT2D eigenvalue weighted by molar-refractivity contribution is 5.95. The lowest BCUT2D eigenvalue weighted by Crippen LogP contribution is -2.25. The van der Waals surface area contributed by atoms with Crippen molar-refractivity contribution in [3.05, 3.63) is 51.3 Å². The van der Waals surface area contributed by atoms with E-state index in [0.29, 0.717) is 5.82 Å². The predicted molar refractivity (Wildman–Crippen MR) is 70.0 cm³/mol. The molecule has 1 aromatic heterocycles. The molecule has 9 heteroatoms. The largest absolute Gasteiger partial charge is 0.345 e.